The lowest BCUT2D eigenvalue weighted by atomic mass is 9.95. The van der Waals surface area contributed by atoms with E-state index in [1.165, 1.54) is 5.56 Å². The lowest BCUT2D eigenvalue weighted by Gasteiger charge is -2.30. The first kappa shape index (κ1) is 17.7. The lowest BCUT2D eigenvalue weighted by molar-refractivity contribution is 0.496. The molecule has 0 N–H and O–H groups in total. The van der Waals surface area contributed by atoms with E-state index < -0.39 is 10.0 Å². The van der Waals surface area contributed by atoms with Crippen molar-refractivity contribution in [1.82, 2.24) is 4.31 Å². The third-order valence-electron chi connectivity index (χ3n) is 4.64. The summed E-state index contributed by atoms with van der Waals surface area (Å²) < 4.78 is 28.3. The van der Waals surface area contributed by atoms with E-state index in [4.69, 9.17) is 0 Å². The van der Waals surface area contributed by atoms with Crippen LogP contribution in [0, 0.1) is 6.92 Å². The Kier molecular flexibility index (Phi) is 5.28. The number of unbranched alkanes of at least 4 members (excludes halogenated alkanes) is 1. The van der Waals surface area contributed by atoms with Crippen LogP contribution in [0.25, 0.3) is 5.70 Å². The van der Waals surface area contributed by atoms with Gasteiger partial charge < -0.3 is 0 Å². The van der Waals surface area contributed by atoms with Crippen LogP contribution in [0.5, 0.6) is 0 Å². The number of allylic oxidation sites excluding steroid dienone is 1. The van der Waals surface area contributed by atoms with E-state index in [1.54, 1.807) is 16.4 Å². The Bertz CT molecular complexity index is 867. The van der Waals surface area contributed by atoms with Gasteiger partial charge in [-0.2, -0.15) is 0 Å². The van der Waals surface area contributed by atoms with Crippen LogP contribution < -0.4 is 0 Å². The molecule has 0 unspecified atom stereocenters. The van der Waals surface area contributed by atoms with E-state index in [0.29, 0.717) is 11.4 Å². The van der Waals surface area contributed by atoms with Gasteiger partial charge in [0.1, 0.15) is 0 Å². The molecule has 2 aromatic carbocycles. The number of hydrogen-bond donors (Lipinski definition) is 0. The van der Waals surface area contributed by atoms with Crippen LogP contribution >= 0.6 is 0 Å². The number of fused-ring (bicyclic) bond motifs is 1. The van der Waals surface area contributed by atoms with Crippen LogP contribution in [0.15, 0.2) is 59.5 Å². The van der Waals surface area contributed by atoms with Gasteiger partial charge >= 0.3 is 0 Å². The number of sulfonamides is 1. The van der Waals surface area contributed by atoms with Crippen molar-refractivity contribution in [2.45, 2.75) is 44.4 Å². The summed E-state index contributed by atoms with van der Waals surface area (Å²) in [5, 5.41) is 0. The summed E-state index contributed by atoms with van der Waals surface area (Å²) in [5.41, 5.74) is 4.15. The summed E-state index contributed by atoms with van der Waals surface area (Å²) in [5.74, 6) is 0. The van der Waals surface area contributed by atoms with Crippen molar-refractivity contribution in [2.75, 3.05) is 6.54 Å². The Morgan fingerprint density at radius 2 is 1.76 bits per heavy atom. The molecule has 0 aromatic heterocycles. The highest BCUT2D eigenvalue weighted by atomic mass is 32.2. The van der Waals surface area contributed by atoms with Crippen molar-refractivity contribution in [1.29, 1.82) is 0 Å². The van der Waals surface area contributed by atoms with Crippen LogP contribution in [0.1, 0.15) is 42.9 Å². The zero-order valence-corrected chi connectivity index (χ0v) is 15.7. The van der Waals surface area contributed by atoms with Crippen LogP contribution in [-0.4, -0.2) is 19.3 Å². The van der Waals surface area contributed by atoms with Crippen molar-refractivity contribution < 1.29 is 8.42 Å². The number of aryl methyl sites for hydroxylation is 2. The summed E-state index contributed by atoms with van der Waals surface area (Å²) >= 11 is 0. The van der Waals surface area contributed by atoms with Crippen molar-refractivity contribution in [2.24, 2.45) is 0 Å². The van der Waals surface area contributed by atoms with Gasteiger partial charge in [0.25, 0.3) is 10.0 Å². The van der Waals surface area contributed by atoms with Gasteiger partial charge in [0.05, 0.1) is 10.6 Å². The molecule has 0 amide bonds. The monoisotopic (exact) mass is 355 g/mol. The molecule has 0 saturated carbocycles. The van der Waals surface area contributed by atoms with Gasteiger partial charge in [0.15, 0.2) is 0 Å². The maximum atomic E-state index is 13.3. The van der Waals surface area contributed by atoms with Gasteiger partial charge in [-0.3, -0.25) is 4.31 Å². The molecule has 0 fully saturated rings. The molecule has 2 aromatic rings. The van der Waals surface area contributed by atoms with E-state index >= 15 is 0 Å². The Morgan fingerprint density at radius 3 is 2.48 bits per heavy atom. The molecular formula is C21H25NO2S. The van der Waals surface area contributed by atoms with Crippen LogP contribution in [0.3, 0.4) is 0 Å². The minimum Gasteiger partial charge on any atom is -0.266 e. The van der Waals surface area contributed by atoms with Crippen LogP contribution in [-0.2, 0) is 16.4 Å². The summed E-state index contributed by atoms with van der Waals surface area (Å²) in [4.78, 5) is 0.359. The maximum Gasteiger partial charge on any atom is 0.264 e. The number of hydrogen-bond acceptors (Lipinski definition) is 2. The smallest absolute Gasteiger partial charge is 0.264 e. The molecule has 25 heavy (non-hydrogen) atoms. The highest BCUT2D eigenvalue weighted by Crippen LogP contribution is 2.33. The van der Waals surface area contributed by atoms with E-state index in [-0.39, 0.29) is 0 Å². The zero-order chi connectivity index (χ0) is 17.9. The molecule has 0 spiro atoms. The van der Waals surface area contributed by atoms with Crippen LogP contribution in [0.2, 0.25) is 0 Å². The van der Waals surface area contributed by atoms with Crippen molar-refractivity contribution in [3.63, 3.8) is 0 Å². The molecule has 0 atom stereocenters. The van der Waals surface area contributed by atoms with Gasteiger partial charge in [-0.05, 0) is 43.9 Å². The second-order valence-electron chi connectivity index (χ2n) is 6.53. The zero-order valence-electron chi connectivity index (χ0n) is 14.9. The molecule has 132 valence electrons. The first-order chi connectivity index (χ1) is 12.0. The third-order valence-corrected chi connectivity index (χ3v) is 6.46. The summed E-state index contributed by atoms with van der Waals surface area (Å²) in [6.45, 7) is 4.55. The van der Waals surface area contributed by atoms with Gasteiger partial charge in [0, 0.05) is 12.1 Å². The molecular weight excluding hydrogens is 330 g/mol. The third kappa shape index (κ3) is 3.64. The van der Waals surface area contributed by atoms with Crippen molar-refractivity contribution >= 4 is 15.7 Å². The molecule has 1 aliphatic rings. The number of rotatable bonds is 6. The van der Waals surface area contributed by atoms with Gasteiger partial charge in [-0.25, -0.2) is 8.42 Å². The Hall–Kier alpha value is -2.07. The molecule has 0 bridgehead atoms. The van der Waals surface area contributed by atoms with Crippen molar-refractivity contribution in [3.05, 3.63) is 71.3 Å². The van der Waals surface area contributed by atoms with Gasteiger partial charge in [-0.15, -0.1) is 0 Å². The fraction of sp³-hybridized carbons (Fsp3) is 0.333. The van der Waals surface area contributed by atoms with E-state index in [9.17, 15) is 8.42 Å². The highest BCUT2D eigenvalue weighted by molar-refractivity contribution is 7.89. The highest BCUT2D eigenvalue weighted by Gasteiger charge is 2.28. The Morgan fingerprint density at radius 1 is 1.04 bits per heavy atom. The normalized spacial score (nSPS) is 13.9. The van der Waals surface area contributed by atoms with E-state index in [0.717, 1.165) is 42.5 Å². The maximum absolute atomic E-state index is 13.3. The molecule has 3 rings (SSSR count). The quantitative estimate of drug-likeness (QED) is 0.748. The standard InChI is InChI=1S/C21H25NO2S/c1-3-4-16-22(25(23,24)19-14-12-17(2)13-15-19)21-11-7-9-18-8-5-6-10-20(18)21/h5-6,8,10-15H,3-4,7,9,16H2,1-2H3. The first-order valence-electron chi connectivity index (χ1n) is 8.92. The molecule has 3 nitrogen and oxygen atoms in total. The molecule has 0 heterocycles. The summed E-state index contributed by atoms with van der Waals surface area (Å²) in [6.07, 6.45) is 5.70. The Labute approximate surface area is 151 Å². The van der Waals surface area contributed by atoms with Gasteiger partial charge in [-0.1, -0.05) is 61.4 Å². The molecule has 0 aliphatic heterocycles. The molecule has 0 saturated heterocycles. The largest absolute Gasteiger partial charge is 0.266 e. The fourth-order valence-corrected chi connectivity index (χ4v) is 4.74. The number of nitrogens with zero attached hydrogens (tertiary/aromatic N) is 1. The van der Waals surface area contributed by atoms with Gasteiger partial charge in [0.2, 0.25) is 0 Å². The predicted molar refractivity (Wildman–Crippen MR) is 103 cm³/mol. The minimum absolute atomic E-state index is 0.359. The molecule has 1 aliphatic carbocycles. The molecule has 4 heteroatoms. The summed E-state index contributed by atoms with van der Waals surface area (Å²) in [7, 11) is -3.57. The molecule has 0 radical (unpaired) electrons. The second kappa shape index (κ2) is 7.44. The average molecular weight is 356 g/mol. The fourth-order valence-electron chi connectivity index (χ4n) is 3.21. The van der Waals surface area contributed by atoms with Crippen molar-refractivity contribution in [3.8, 4) is 0 Å². The second-order valence-corrected chi connectivity index (χ2v) is 8.39. The average Bonchev–Trinajstić information content (AvgIpc) is 2.62. The topological polar surface area (TPSA) is 37.4 Å². The SMILES string of the molecule is CCCCN(C1=CCCc2ccccc21)S(=O)(=O)c1ccc(C)cc1. The lowest BCUT2D eigenvalue weighted by Crippen LogP contribution is -2.32. The minimum atomic E-state index is -3.57. The van der Waals surface area contributed by atoms with E-state index in [1.807, 2.05) is 37.3 Å². The predicted octanol–water partition coefficient (Wildman–Crippen LogP) is 4.77. The van der Waals surface area contributed by atoms with Crippen LogP contribution in [0.4, 0.5) is 0 Å². The number of benzene rings is 2. The summed E-state index contributed by atoms with van der Waals surface area (Å²) in [6, 6.07) is 15.3. The van der Waals surface area contributed by atoms with E-state index in [2.05, 4.69) is 19.1 Å². The Balaban J connectivity index is 2.06. The first-order valence-corrected chi connectivity index (χ1v) is 10.4.